The van der Waals surface area contributed by atoms with Crippen molar-refractivity contribution in [2.45, 2.75) is 117 Å². The van der Waals surface area contributed by atoms with Crippen LogP contribution in [0.5, 0.6) is 0 Å². The molecule has 148 valence electrons. The Morgan fingerprint density at radius 2 is 0.760 bits per heavy atom. The largest absolute Gasteiger partial charge is 0.481 e. The summed E-state index contributed by atoms with van der Waals surface area (Å²) in [5, 5.41) is 16.7. The normalized spacial score (nSPS) is 9.68. The minimum atomic E-state index is -0.663. The van der Waals surface area contributed by atoms with Crippen LogP contribution >= 0.6 is 0 Å². The van der Waals surface area contributed by atoms with Crippen LogP contribution in [-0.2, 0) is 9.59 Å². The Morgan fingerprint density at radius 3 is 1.00 bits per heavy atom. The van der Waals surface area contributed by atoms with Crippen LogP contribution < -0.4 is 0 Å². The van der Waals surface area contributed by atoms with E-state index in [4.69, 9.17) is 10.2 Å². The molecule has 25 heavy (non-hydrogen) atoms. The summed E-state index contributed by atoms with van der Waals surface area (Å²) in [6, 6.07) is 0. The van der Waals surface area contributed by atoms with Gasteiger partial charge in [0.05, 0.1) is 0 Å². The smallest absolute Gasteiger partial charge is 0.303 e. The van der Waals surface area contributed by atoms with Gasteiger partial charge in [0.2, 0.25) is 0 Å². The van der Waals surface area contributed by atoms with Gasteiger partial charge in [0.15, 0.2) is 0 Å². The molecule has 2 N–H and O–H groups in total. The molecule has 0 spiro atoms. The monoisotopic (exact) mass is 552 g/mol. The summed E-state index contributed by atoms with van der Waals surface area (Å²) in [5.41, 5.74) is 0. The molecule has 0 aromatic carbocycles. The van der Waals surface area contributed by atoms with E-state index in [-0.39, 0.29) is 27.3 Å². The fourth-order valence-corrected chi connectivity index (χ4v) is 2.47. The van der Waals surface area contributed by atoms with Gasteiger partial charge in [-0.25, -0.2) is 0 Å². The van der Waals surface area contributed by atoms with E-state index in [1.54, 1.807) is 0 Å². The van der Waals surface area contributed by atoms with Gasteiger partial charge in [-0.3, -0.25) is 9.59 Å². The van der Waals surface area contributed by atoms with Crippen LogP contribution in [0.2, 0.25) is 0 Å². The van der Waals surface area contributed by atoms with Gasteiger partial charge in [0.25, 0.3) is 0 Å². The maximum absolute atomic E-state index is 10.1. The SMILES string of the molecule is CCCCCCCCCC(=O)O.CCCCCCCCCC(=O)O.[Pb]. The van der Waals surface area contributed by atoms with E-state index in [2.05, 4.69) is 13.8 Å². The van der Waals surface area contributed by atoms with Crippen molar-refractivity contribution in [3.05, 3.63) is 0 Å². The first-order chi connectivity index (χ1) is 11.5. The third-order valence-corrected chi connectivity index (χ3v) is 3.99. The number of carboxylic acid groups (broad SMARTS) is 2. The van der Waals surface area contributed by atoms with Gasteiger partial charge in [-0.1, -0.05) is 90.9 Å². The second kappa shape index (κ2) is 26.1. The summed E-state index contributed by atoms with van der Waals surface area (Å²) in [5.74, 6) is -1.33. The van der Waals surface area contributed by atoms with Gasteiger partial charge in [-0.05, 0) is 12.8 Å². The molecule has 0 rings (SSSR count). The predicted molar refractivity (Wildman–Crippen MR) is 106 cm³/mol. The van der Waals surface area contributed by atoms with Crippen LogP contribution in [0.1, 0.15) is 117 Å². The second-order valence-corrected chi connectivity index (χ2v) is 6.53. The Kier molecular flexibility index (Phi) is 30.9. The van der Waals surface area contributed by atoms with Crippen LogP contribution in [-0.4, -0.2) is 49.5 Å². The molecule has 0 aliphatic rings. The van der Waals surface area contributed by atoms with Crippen molar-refractivity contribution in [3.63, 3.8) is 0 Å². The second-order valence-electron chi connectivity index (χ2n) is 6.53. The van der Waals surface area contributed by atoms with Gasteiger partial charge >= 0.3 is 11.9 Å². The molecule has 4 radical (unpaired) electrons. The van der Waals surface area contributed by atoms with E-state index in [1.165, 1.54) is 64.2 Å². The molecule has 0 aliphatic heterocycles. The van der Waals surface area contributed by atoms with Crippen molar-refractivity contribution in [2.75, 3.05) is 0 Å². The first-order valence-corrected chi connectivity index (χ1v) is 9.98. The zero-order chi connectivity index (χ0) is 18.5. The van der Waals surface area contributed by atoms with E-state index in [1.807, 2.05) is 0 Å². The van der Waals surface area contributed by atoms with Crippen molar-refractivity contribution in [1.29, 1.82) is 0 Å². The Balaban J connectivity index is -0.000000372. The van der Waals surface area contributed by atoms with Crippen molar-refractivity contribution < 1.29 is 19.8 Å². The van der Waals surface area contributed by atoms with Crippen LogP contribution in [0.3, 0.4) is 0 Å². The molecule has 0 heterocycles. The Labute approximate surface area is 175 Å². The van der Waals surface area contributed by atoms with Gasteiger partial charge < -0.3 is 10.2 Å². The third-order valence-electron chi connectivity index (χ3n) is 3.99. The zero-order valence-corrected chi connectivity index (χ0v) is 20.4. The van der Waals surface area contributed by atoms with Gasteiger partial charge in [-0.2, -0.15) is 0 Å². The Bertz CT molecular complexity index is 255. The molecule has 0 bridgehead atoms. The van der Waals surface area contributed by atoms with E-state index >= 15 is 0 Å². The van der Waals surface area contributed by atoms with Crippen molar-refractivity contribution in [2.24, 2.45) is 0 Å². The molecule has 4 nitrogen and oxygen atoms in total. The number of aliphatic carboxylic acids is 2. The molecular weight excluding hydrogens is 511 g/mol. The molecule has 0 atom stereocenters. The van der Waals surface area contributed by atoms with E-state index in [0.29, 0.717) is 12.8 Å². The molecule has 0 aromatic rings. The maximum atomic E-state index is 10.1. The Morgan fingerprint density at radius 1 is 0.520 bits per heavy atom. The molecule has 0 unspecified atom stereocenters. The van der Waals surface area contributed by atoms with Crippen LogP contribution in [0.25, 0.3) is 0 Å². The van der Waals surface area contributed by atoms with Gasteiger partial charge in [0.1, 0.15) is 0 Å². The quantitative estimate of drug-likeness (QED) is 0.181. The molecule has 0 saturated carbocycles. The number of unbranched alkanes of at least 4 members (excludes halogenated alkanes) is 12. The molecule has 5 heteroatoms. The molecule has 0 amide bonds. The summed E-state index contributed by atoms with van der Waals surface area (Å²) >= 11 is 0. The number of hydrogen-bond donors (Lipinski definition) is 2. The number of carboxylic acids is 2. The number of hydrogen-bond acceptors (Lipinski definition) is 2. The van der Waals surface area contributed by atoms with Crippen LogP contribution in [0.15, 0.2) is 0 Å². The number of rotatable bonds is 16. The maximum Gasteiger partial charge on any atom is 0.303 e. The van der Waals surface area contributed by atoms with Gasteiger partial charge in [0, 0.05) is 40.1 Å². The summed E-state index contributed by atoms with van der Waals surface area (Å²) in [4.78, 5) is 20.3. The summed E-state index contributed by atoms with van der Waals surface area (Å²) in [6.45, 7) is 4.40. The first-order valence-electron chi connectivity index (χ1n) is 9.98. The van der Waals surface area contributed by atoms with Gasteiger partial charge in [-0.15, -0.1) is 0 Å². The fraction of sp³-hybridized carbons (Fsp3) is 0.900. The standard InChI is InChI=1S/2C10H20O2.Pb/c2*1-2-3-4-5-6-7-8-9-10(11)12;/h2*2-9H2,1H3,(H,11,12);. The van der Waals surface area contributed by atoms with Crippen LogP contribution in [0, 0.1) is 0 Å². The molecular formula is C20H40O4Pb. The Hall–Kier alpha value is -0.138. The average Bonchev–Trinajstić information content (AvgIpc) is 2.53. The molecule has 0 aliphatic carbocycles. The zero-order valence-electron chi connectivity index (χ0n) is 16.5. The average molecular weight is 552 g/mol. The molecule has 0 fully saturated rings. The van der Waals surface area contributed by atoms with E-state index in [9.17, 15) is 9.59 Å². The van der Waals surface area contributed by atoms with Crippen molar-refractivity contribution in [3.8, 4) is 0 Å². The number of carbonyl (C=O) groups is 2. The van der Waals surface area contributed by atoms with E-state index in [0.717, 1.165) is 25.7 Å². The topological polar surface area (TPSA) is 74.6 Å². The summed E-state index contributed by atoms with van der Waals surface area (Å²) in [7, 11) is 0. The third kappa shape index (κ3) is 35.7. The first kappa shape index (κ1) is 29.6. The van der Waals surface area contributed by atoms with E-state index < -0.39 is 11.9 Å². The minimum Gasteiger partial charge on any atom is -0.481 e. The predicted octanol–water partition coefficient (Wildman–Crippen LogP) is 6.04. The van der Waals surface area contributed by atoms with Crippen molar-refractivity contribution in [1.82, 2.24) is 0 Å². The molecule has 0 aromatic heterocycles. The van der Waals surface area contributed by atoms with Crippen molar-refractivity contribution >= 4 is 39.2 Å². The minimum absolute atomic E-state index is 0. The fourth-order valence-electron chi connectivity index (χ4n) is 2.47. The summed E-state index contributed by atoms with van der Waals surface area (Å²) in [6.07, 6.45) is 17.3. The molecule has 0 saturated heterocycles. The summed E-state index contributed by atoms with van der Waals surface area (Å²) < 4.78 is 0. The van der Waals surface area contributed by atoms with Crippen LogP contribution in [0.4, 0.5) is 0 Å².